The lowest BCUT2D eigenvalue weighted by Crippen LogP contribution is -3.16. The van der Waals surface area contributed by atoms with Crippen LogP contribution in [0.5, 0.6) is 0 Å². The van der Waals surface area contributed by atoms with Crippen LogP contribution in [-0.4, -0.2) is 44.9 Å². The topological polar surface area (TPSA) is 41.8 Å². The average Bonchev–Trinajstić information content (AvgIpc) is 2.85. The van der Waals surface area contributed by atoms with E-state index in [2.05, 4.69) is 0 Å². The van der Waals surface area contributed by atoms with Crippen molar-refractivity contribution in [1.29, 1.82) is 0 Å². The highest BCUT2D eigenvalue weighted by Crippen LogP contribution is 2.20. The molecule has 23 heavy (non-hydrogen) atoms. The normalized spacial score (nSPS) is 22.8. The van der Waals surface area contributed by atoms with Gasteiger partial charge in [0.1, 0.15) is 5.82 Å². The fourth-order valence-electron chi connectivity index (χ4n) is 3.85. The van der Waals surface area contributed by atoms with E-state index >= 15 is 0 Å². The molecule has 0 aromatic heterocycles. The van der Waals surface area contributed by atoms with E-state index in [1.165, 1.54) is 63.0 Å². The van der Waals surface area contributed by atoms with Gasteiger partial charge in [0.15, 0.2) is 0 Å². The zero-order chi connectivity index (χ0) is 16.3. The summed E-state index contributed by atoms with van der Waals surface area (Å²) in [5.41, 5.74) is 0. The van der Waals surface area contributed by atoms with Crippen LogP contribution < -0.4 is 4.90 Å². The highest BCUT2D eigenvalue weighted by Gasteiger charge is 2.33. The van der Waals surface area contributed by atoms with Gasteiger partial charge in [-0.1, -0.05) is 0 Å². The van der Waals surface area contributed by atoms with Crippen molar-refractivity contribution in [1.82, 2.24) is 4.31 Å². The molecule has 4 nitrogen and oxygen atoms in total. The fourth-order valence-corrected chi connectivity index (χ4v) is 5.32. The third-order valence-electron chi connectivity index (χ3n) is 5.23. The van der Waals surface area contributed by atoms with Crippen LogP contribution in [0.3, 0.4) is 0 Å². The number of rotatable bonds is 3. The van der Waals surface area contributed by atoms with Gasteiger partial charge in [-0.3, -0.25) is 0 Å². The molecule has 128 valence electrons. The van der Waals surface area contributed by atoms with Crippen molar-refractivity contribution in [3.63, 3.8) is 0 Å². The van der Waals surface area contributed by atoms with Gasteiger partial charge < -0.3 is 4.90 Å². The number of hydrogen-bond donors (Lipinski definition) is 1. The fraction of sp³-hybridized carbons (Fsp3) is 0.647. The first kappa shape index (κ1) is 16.9. The number of piperidine rings is 1. The molecular weight excluding hydrogens is 315 g/mol. The van der Waals surface area contributed by atoms with Gasteiger partial charge in [-0.25, -0.2) is 12.8 Å². The van der Waals surface area contributed by atoms with Crippen molar-refractivity contribution >= 4 is 10.0 Å². The quantitative estimate of drug-likeness (QED) is 0.904. The minimum absolute atomic E-state index is 0.194. The molecule has 0 aliphatic carbocycles. The third kappa shape index (κ3) is 3.92. The zero-order valence-corrected chi connectivity index (χ0v) is 14.3. The highest BCUT2D eigenvalue weighted by atomic mass is 32.2. The Morgan fingerprint density at radius 1 is 0.957 bits per heavy atom. The van der Waals surface area contributed by atoms with Gasteiger partial charge >= 0.3 is 0 Å². The Labute approximate surface area is 138 Å². The molecule has 2 fully saturated rings. The van der Waals surface area contributed by atoms with Gasteiger partial charge in [0.2, 0.25) is 10.0 Å². The molecule has 2 aliphatic rings. The van der Waals surface area contributed by atoms with Crippen LogP contribution in [0.15, 0.2) is 29.2 Å². The zero-order valence-electron chi connectivity index (χ0n) is 13.5. The smallest absolute Gasteiger partial charge is 0.243 e. The van der Waals surface area contributed by atoms with Crippen LogP contribution in [0.2, 0.25) is 0 Å². The number of nitrogens with zero attached hydrogens (tertiary/aromatic N) is 1. The molecule has 0 saturated carbocycles. The van der Waals surface area contributed by atoms with E-state index in [1.807, 2.05) is 0 Å². The first-order valence-electron chi connectivity index (χ1n) is 8.68. The molecule has 0 atom stereocenters. The van der Waals surface area contributed by atoms with E-state index in [0.717, 1.165) is 12.8 Å². The first-order valence-corrected chi connectivity index (χ1v) is 10.1. The van der Waals surface area contributed by atoms with Crippen molar-refractivity contribution in [2.45, 2.75) is 49.5 Å². The molecule has 1 aromatic carbocycles. The van der Waals surface area contributed by atoms with Crippen molar-refractivity contribution in [3.05, 3.63) is 30.1 Å². The molecule has 1 N–H and O–H groups in total. The number of benzene rings is 1. The number of likely N-dealkylation sites (tertiary alicyclic amines) is 1. The molecule has 2 heterocycles. The van der Waals surface area contributed by atoms with Gasteiger partial charge in [0.25, 0.3) is 0 Å². The Hall–Kier alpha value is -0.980. The minimum Gasteiger partial charge on any atom is -0.332 e. The highest BCUT2D eigenvalue weighted by molar-refractivity contribution is 7.89. The number of sulfonamides is 1. The monoisotopic (exact) mass is 341 g/mol. The number of quaternary nitrogens is 1. The molecule has 0 amide bonds. The van der Waals surface area contributed by atoms with Crippen LogP contribution in [-0.2, 0) is 10.0 Å². The van der Waals surface area contributed by atoms with E-state index in [-0.39, 0.29) is 4.90 Å². The van der Waals surface area contributed by atoms with E-state index < -0.39 is 15.8 Å². The molecule has 0 unspecified atom stereocenters. The van der Waals surface area contributed by atoms with E-state index in [1.54, 1.807) is 9.21 Å². The Balaban J connectivity index is 1.62. The summed E-state index contributed by atoms with van der Waals surface area (Å²) in [4.78, 5) is 1.86. The molecule has 3 rings (SSSR count). The Morgan fingerprint density at radius 2 is 1.52 bits per heavy atom. The number of hydrogen-bond acceptors (Lipinski definition) is 2. The summed E-state index contributed by atoms with van der Waals surface area (Å²) in [6, 6.07) is 5.73. The van der Waals surface area contributed by atoms with Crippen LogP contribution in [0, 0.1) is 5.82 Å². The standard InChI is InChI=1S/C17H25FN2O2S/c18-15-5-7-17(8-6-15)23(21,22)20-13-9-16(10-14-20)19-11-3-1-2-4-12-19/h5-8,16H,1-4,9-14H2/p+1. The summed E-state index contributed by atoms with van der Waals surface area (Å²) in [5.74, 6) is -0.410. The van der Waals surface area contributed by atoms with Gasteiger partial charge in [-0.15, -0.1) is 0 Å². The molecule has 2 aliphatic heterocycles. The molecular formula is C17H26FN2O2S+. The Morgan fingerprint density at radius 3 is 2.09 bits per heavy atom. The number of halogens is 1. The maximum Gasteiger partial charge on any atom is 0.243 e. The molecule has 0 radical (unpaired) electrons. The van der Waals surface area contributed by atoms with E-state index in [9.17, 15) is 12.8 Å². The summed E-state index contributed by atoms with van der Waals surface area (Å²) in [6.07, 6.45) is 7.11. The lowest BCUT2D eigenvalue weighted by molar-refractivity contribution is -0.926. The van der Waals surface area contributed by atoms with Gasteiger partial charge in [0.05, 0.1) is 24.0 Å². The summed E-state index contributed by atoms with van der Waals surface area (Å²) in [5, 5.41) is 0. The molecule has 1 aromatic rings. The van der Waals surface area contributed by atoms with Crippen LogP contribution in [0.1, 0.15) is 38.5 Å². The van der Waals surface area contributed by atoms with Gasteiger partial charge in [0, 0.05) is 25.9 Å². The van der Waals surface area contributed by atoms with Crippen molar-refractivity contribution in [2.75, 3.05) is 26.2 Å². The summed E-state index contributed by atoms with van der Waals surface area (Å²) in [7, 11) is -3.48. The Bertz CT molecular complexity index is 602. The predicted molar refractivity (Wildman–Crippen MR) is 87.3 cm³/mol. The van der Waals surface area contributed by atoms with Crippen molar-refractivity contribution in [2.24, 2.45) is 0 Å². The van der Waals surface area contributed by atoms with Crippen LogP contribution in [0.4, 0.5) is 4.39 Å². The second kappa shape index (κ2) is 7.28. The number of nitrogens with one attached hydrogen (secondary N) is 1. The van der Waals surface area contributed by atoms with Crippen molar-refractivity contribution < 1.29 is 17.7 Å². The lowest BCUT2D eigenvalue weighted by Gasteiger charge is -2.35. The molecule has 0 spiro atoms. The minimum atomic E-state index is -3.48. The lowest BCUT2D eigenvalue weighted by atomic mass is 10.0. The van der Waals surface area contributed by atoms with Crippen LogP contribution >= 0.6 is 0 Å². The van der Waals surface area contributed by atoms with Gasteiger partial charge in [-0.05, 0) is 49.9 Å². The van der Waals surface area contributed by atoms with E-state index in [0.29, 0.717) is 19.1 Å². The average molecular weight is 341 g/mol. The van der Waals surface area contributed by atoms with Crippen LogP contribution in [0.25, 0.3) is 0 Å². The SMILES string of the molecule is O=S(=O)(c1ccc(F)cc1)N1CCC([NH+]2CCCCCC2)CC1. The second-order valence-electron chi connectivity index (χ2n) is 6.70. The van der Waals surface area contributed by atoms with Crippen molar-refractivity contribution in [3.8, 4) is 0 Å². The first-order chi connectivity index (χ1) is 11.1. The summed E-state index contributed by atoms with van der Waals surface area (Å²) >= 11 is 0. The third-order valence-corrected chi connectivity index (χ3v) is 7.14. The van der Waals surface area contributed by atoms with E-state index in [4.69, 9.17) is 0 Å². The maximum absolute atomic E-state index is 13.0. The molecule has 2 saturated heterocycles. The molecule has 0 bridgehead atoms. The maximum atomic E-state index is 13.0. The predicted octanol–water partition coefficient (Wildman–Crippen LogP) is 1.44. The molecule has 6 heteroatoms. The summed E-state index contributed by atoms with van der Waals surface area (Å²) in [6.45, 7) is 3.62. The summed E-state index contributed by atoms with van der Waals surface area (Å²) < 4.78 is 39.8. The largest absolute Gasteiger partial charge is 0.332 e. The second-order valence-corrected chi connectivity index (χ2v) is 8.64. The van der Waals surface area contributed by atoms with Gasteiger partial charge in [-0.2, -0.15) is 4.31 Å². The Kier molecular flexibility index (Phi) is 5.34.